The highest BCUT2D eigenvalue weighted by Gasteiger charge is 2.27. The first kappa shape index (κ1) is 16.8. The number of nitrogens with zero attached hydrogens (tertiary/aromatic N) is 1. The molecular weight excluding hydrogens is 272 g/mol. The van der Waals surface area contributed by atoms with Crippen LogP contribution in [0, 0.1) is 5.82 Å². The van der Waals surface area contributed by atoms with E-state index in [1.807, 2.05) is 13.8 Å². The van der Waals surface area contributed by atoms with Crippen molar-refractivity contribution in [1.82, 2.24) is 5.32 Å². The third kappa shape index (κ3) is 5.77. The summed E-state index contributed by atoms with van der Waals surface area (Å²) in [7, 11) is 1.58. The maximum absolute atomic E-state index is 13.3. The standard InChI is InChI=1S/C14H20F4N2/c1-10(2)19-9-11-8-12(15)4-5-13(11)20(3)7-6-14(16,17)18/h4-5,8,10,19H,6-7,9H2,1-3H3. The fourth-order valence-electron chi connectivity index (χ4n) is 1.80. The molecule has 114 valence electrons. The van der Waals surface area contributed by atoms with E-state index in [-0.39, 0.29) is 12.6 Å². The first-order valence-corrected chi connectivity index (χ1v) is 6.49. The smallest absolute Gasteiger partial charge is 0.374 e. The predicted molar refractivity (Wildman–Crippen MR) is 72.3 cm³/mol. The van der Waals surface area contributed by atoms with Crippen LogP contribution in [0.25, 0.3) is 0 Å². The fourth-order valence-corrected chi connectivity index (χ4v) is 1.80. The lowest BCUT2D eigenvalue weighted by atomic mass is 10.1. The number of halogens is 4. The zero-order chi connectivity index (χ0) is 15.3. The quantitative estimate of drug-likeness (QED) is 0.804. The molecule has 0 saturated heterocycles. The van der Waals surface area contributed by atoms with Crippen molar-refractivity contribution >= 4 is 5.69 Å². The average molecular weight is 292 g/mol. The van der Waals surface area contributed by atoms with Crippen molar-refractivity contribution in [3.8, 4) is 0 Å². The minimum Gasteiger partial charge on any atom is -0.374 e. The second-order valence-electron chi connectivity index (χ2n) is 5.10. The molecule has 0 radical (unpaired) electrons. The lowest BCUT2D eigenvalue weighted by Crippen LogP contribution is -2.27. The Morgan fingerprint density at radius 2 is 1.90 bits per heavy atom. The first-order valence-electron chi connectivity index (χ1n) is 6.49. The van der Waals surface area contributed by atoms with Gasteiger partial charge >= 0.3 is 6.18 Å². The maximum atomic E-state index is 13.3. The van der Waals surface area contributed by atoms with Gasteiger partial charge in [0.2, 0.25) is 0 Å². The minimum absolute atomic E-state index is 0.149. The Labute approximate surface area is 116 Å². The van der Waals surface area contributed by atoms with Gasteiger partial charge in [-0.3, -0.25) is 0 Å². The van der Waals surface area contributed by atoms with E-state index in [0.29, 0.717) is 17.8 Å². The summed E-state index contributed by atoms with van der Waals surface area (Å²) < 4.78 is 50.0. The van der Waals surface area contributed by atoms with E-state index in [1.165, 1.54) is 23.1 Å². The fraction of sp³-hybridized carbons (Fsp3) is 0.571. The van der Waals surface area contributed by atoms with Gasteiger partial charge in [-0.05, 0) is 23.8 Å². The van der Waals surface area contributed by atoms with Crippen molar-refractivity contribution in [2.24, 2.45) is 0 Å². The second-order valence-corrected chi connectivity index (χ2v) is 5.10. The van der Waals surface area contributed by atoms with Crippen molar-refractivity contribution in [1.29, 1.82) is 0 Å². The Morgan fingerprint density at radius 3 is 2.45 bits per heavy atom. The normalized spacial score (nSPS) is 12.0. The highest BCUT2D eigenvalue weighted by molar-refractivity contribution is 5.53. The van der Waals surface area contributed by atoms with Crippen LogP contribution in [-0.2, 0) is 6.54 Å². The van der Waals surface area contributed by atoms with Gasteiger partial charge in [-0.1, -0.05) is 13.8 Å². The third-order valence-electron chi connectivity index (χ3n) is 2.88. The van der Waals surface area contributed by atoms with Gasteiger partial charge in [0.15, 0.2) is 0 Å². The third-order valence-corrected chi connectivity index (χ3v) is 2.88. The summed E-state index contributed by atoms with van der Waals surface area (Å²) in [5.41, 5.74) is 1.27. The molecule has 1 N–H and O–H groups in total. The van der Waals surface area contributed by atoms with Crippen LogP contribution >= 0.6 is 0 Å². The second kappa shape index (κ2) is 6.92. The molecule has 0 aliphatic rings. The van der Waals surface area contributed by atoms with Gasteiger partial charge in [0.05, 0.1) is 6.42 Å². The number of benzene rings is 1. The molecule has 6 heteroatoms. The highest BCUT2D eigenvalue weighted by Crippen LogP contribution is 2.24. The summed E-state index contributed by atoms with van der Waals surface area (Å²) >= 11 is 0. The van der Waals surface area contributed by atoms with Gasteiger partial charge in [-0.15, -0.1) is 0 Å². The van der Waals surface area contributed by atoms with Crippen LogP contribution < -0.4 is 10.2 Å². The van der Waals surface area contributed by atoms with Crippen molar-refractivity contribution < 1.29 is 17.6 Å². The molecule has 1 rings (SSSR count). The molecule has 1 aromatic rings. The molecule has 2 nitrogen and oxygen atoms in total. The minimum atomic E-state index is -4.19. The highest BCUT2D eigenvalue weighted by atomic mass is 19.4. The molecule has 0 atom stereocenters. The number of hydrogen-bond acceptors (Lipinski definition) is 2. The van der Waals surface area contributed by atoms with Crippen molar-refractivity contribution in [2.75, 3.05) is 18.5 Å². The largest absolute Gasteiger partial charge is 0.390 e. The summed E-state index contributed by atoms with van der Waals surface area (Å²) in [4.78, 5) is 1.50. The maximum Gasteiger partial charge on any atom is 0.390 e. The molecule has 0 unspecified atom stereocenters. The molecule has 20 heavy (non-hydrogen) atoms. The van der Waals surface area contributed by atoms with Crippen molar-refractivity contribution in [3.05, 3.63) is 29.6 Å². The summed E-state index contributed by atoms with van der Waals surface area (Å²) in [5, 5.41) is 3.14. The van der Waals surface area contributed by atoms with E-state index >= 15 is 0 Å². The number of anilines is 1. The Hall–Kier alpha value is -1.30. The Bertz CT molecular complexity index is 430. The van der Waals surface area contributed by atoms with Crippen LogP contribution in [0.15, 0.2) is 18.2 Å². The van der Waals surface area contributed by atoms with E-state index in [2.05, 4.69) is 5.32 Å². The van der Waals surface area contributed by atoms with Crippen molar-refractivity contribution in [2.45, 2.75) is 39.0 Å². The Balaban J connectivity index is 2.81. The van der Waals surface area contributed by atoms with E-state index in [1.54, 1.807) is 7.05 Å². The van der Waals surface area contributed by atoms with E-state index < -0.39 is 18.4 Å². The number of rotatable bonds is 6. The molecule has 0 bridgehead atoms. The monoisotopic (exact) mass is 292 g/mol. The van der Waals surface area contributed by atoms with E-state index in [9.17, 15) is 17.6 Å². The molecule has 0 spiro atoms. The SMILES string of the molecule is CC(C)NCc1cc(F)ccc1N(C)CCC(F)(F)F. The molecule has 0 amide bonds. The van der Waals surface area contributed by atoms with Gasteiger partial charge in [-0.2, -0.15) is 13.2 Å². The van der Waals surface area contributed by atoms with Crippen LogP contribution in [-0.4, -0.2) is 25.8 Å². The molecule has 0 aliphatic heterocycles. The molecule has 1 aromatic carbocycles. The van der Waals surface area contributed by atoms with E-state index in [4.69, 9.17) is 0 Å². The zero-order valence-corrected chi connectivity index (χ0v) is 11.9. The van der Waals surface area contributed by atoms with Crippen LogP contribution in [0.4, 0.5) is 23.2 Å². The number of nitrogens with one attached hydrogen (secondary N) is 1. The van der Waals surface area contributed by atoms with Crippen LogP contribution in [0.3, 0.4) is 0 Å². The van der Waals surface area contributed by atoms with Crippen molar-refractivity contribution in [3.63, 3.8) is 0 Å². The molecule has 0 aliphatic carbocycles. The summed E-state index contributed by atoms with van der Waals surface area (Å²) in [6.45, 7) is 4.17. The predicted octanol–water partition coefficient (Wildman–Crippen LogP) is 3.71. The van der Waals surface area contributed by atoms with Gasteiger partial charge < -0.3 is 10.2 Å². The molecule has 0 fully saturated rings. The Morgan fingerprint density at radius 1 is 1.25 bits per heavy atom. The first-order chi connectivity index (χ1) is 9.19. The molecule has 0 aromatic heterocycles. The lowest BCUT2D eigenvalue weighted by molar-refractivity contribution is -0.132. The summed E-state index contributed by atoms with van der Waals surface area (Å²) in [5.74, 6) is -0.390. The van der Waals surface area contributed by atoms with E-state index in [0.717, 1.165) is 0 Å². The zero-order valence-electron chi connectivity index (χ0n) is 11.9. The van der Waals surface area contributed by atoms with Gasteiger partial charge in [0.1, 0.15) is 5.82 Å². The molecule has 0 saturated carbocycles. The average Bonchev–Trinajstić information content (AvgIpc) is 2.32. The topological polar surface area (TPSA) is 15.3 Å². The summed E-state index contributed by atoms with van der Waals surface area (Å²) in [6, 6.07) is 4.35. The van der Waals surface area contributed by atoms with Gasteiger partial charge in [-0.25, -0.2) is 4.39 Å². The van der Waals surface area contributed by atoms with Gasteiger partial charge in [0.25, 0.3) is 0 Å². The van der Waals surface area contributed by atoms with Gasteiger partial charge in [0, 0.05) is 31.9 Å². The van der Waals surface area contributed by atoms with Crippen LogP contribution in [0.1, 0.15) is 25.8 Å². The summed E-state index contributed by atoms with van der Waals surface area (Å²) in [6.07, 6.45) is -5.08. The molecule has 0 heterocycles. The van der Waals surface area contributed by atoms with Crippen LogP contribution in [0.5, 0.6) is 0 Å². The van der Waals surface area contributed by atoms with Crippen LogP contribution in [0.2, 0.25) is 0 Å². The lowest BCUT2D eigenvalue weighted by Gasteiger charge is -2.24. The number of alkyl halides is 3. The molecular formula is C14H20F4N2. The number of hydrogen-bond donors (Lipinski definition) is 1. The Kier molecular flexibility index (Phi) is 5.80.